The largest absolute Gasteiger partial charge is 0.548 e. The van der Waals surface area contributed by atoms with Crippen molar-refractivity contribution in [2.24, 2.45) is 5.73 Å². The van der Waals surface area contributed by atoms with Gasteiger partial charge in [-0.1, -0.05) is 0 Å². The number of hydrogen-bond acceptors (Lipinski definition) is 5. The Morgan fingerprint density at radius 3 is 2.86 bits per heavy atom. The van der Waals surface area contributed by atoms with E-state index in [9.17, 15) is 14.7 Å². The summed E-state index contributed by atoms with van der Waals surface area (Å²) in [7, 11) is 0. The quantitative estimate of drug-likeness (QED) is 0.563. The first kappa shape index (κ1) is 10.3. The highest BCUT2D eigenvalue weighted by molar-refractivity contribution is 5.70. The van der Waals surface area contributed by atoms with E-state index in [0.29, 0.717) is 0 Å². The number of hydrogen-bond donors (Lipinski definition) is 2. The molecule has 3 N–H and O–H groups in total. The summed E-state index contributed by atoms with van der Waals surface area (Å²) < 4.78 is 1.30. The van der Waals surface area contributed by atoms with E-state index in [0.717, 1.165) is 12.3 Å². The number of nitrogens with zero attached hydrogens (tertiary/aromatic N) is 1. The molecule has 0 fully saturated rings. The minimum atomic E-state index is -1.39. The molecule has 1 rings (SSSR count). The Labute approximate surface area is 79.2 Å². The second-order valence-corrected chi connectivity index (χ2v) is 2.82. The average molecular weight is 197 g/mol. The second-order valence-electron chi connectivity index (χ2n) is 2.82. The fourth-order valence-corrected chi connectivity index (χ4v) is 0.928. The van der Waals surface area contributed by atoms with Crippen molar-refractivity contribution in [2.75, 3.05) is 0 Å². The van der Waals surface area contributed by atoms with E-state index in [-0.39, 0.29) is 6.54 Å². The monoisotopic (exact) mass is 197 g/mol. The van der Waals surface area contributed by atoms with E-state index in [1.807, 2.05) is 0 Å². The summed E-state index contributed by atoms with van der Waals surface area (Å²) in [5.74, 6) is -1.83. The third-order valence-corrected chi connectivity index (χ3v) is 1.67. The molecule has 0 saturated heterocycles. The molecular weight excluding hydrogens is 188 g/mol. The van der Waals surface area contributed by atoms with Crippen LogP contribution in [-0.2, 0) is 11.3 Å². The minimum Gasteiger partial charge on any atom is -0.548 e. The maximum absolute atomic E-state index is 10.8. The van der Waals surface area contributed by atoms with Crippen LogP contribution in [0.5, 0.6) is 5.75 Å². The maximum Gasteiger partial charge on any atom is 0.223 e. The highest BCUT2D eigenvalue weighted by Crippen LogP contribution is 1.99. The zero-order valence-corrected chi connectivity index (χ0v) is 7.21. The molecule has 0 radical (unpaired) electrons. The van der Waals surface area contributed by atoms with E-state index in [2.05, 4.69) is 0 Å². The lowest BCUT2D eigenvalue weighted by atomic mass is 10.3. The van der Waals surface area contributed by atoms with Gasteiger partial charge in [0.05, 0.1) is 12.0 Å². The lowest BCUT2D eigenvalue weighted by Gasteiger charge is -2.14. The molecule has 1 aromatic rings. The first-order valence-electron chi connectivity index (χ1n) is 3.86. The van der Waals surface area contributed by atoms with Crippen LogP contribution in [-0.4, -0.2) is 21.7 Å². The Morgan fingerprint density at radius 1 is 1.71 bits per heavy atom. The number of pyridine rings is 1. The number of carboxylic acid groups (broad SMARTS) is 1. The summed E-state index contributed by atoms with van der Waals surface area (Å²) in [4.78, 5) is 21.0. The SMILES string of the molecule is N[C@@H](Cn1ccc(=O)c(O)c1)C(=O)[O-]. The van der Waals surface area contributed by atoms with Gasteiger partial charge in [-0.05, 0) is 0 Å². The van der Waals surface area contributed by atoms with E-state index < -0.39 is 23.2 Å². The van der Waals surface area contributed by atoms with Crippen LogP contribution >= 0.6 is 0 Å². The van der Waals surface area contributed by atoms with Crippen LogP contribution in [0, 0.1) is 0 Å². The fraction of sp³-hybridized carbons (Fsp3) is 0.250. The van der Waals surface area contributed by atoms with Crippen LogP contribution in [0.2, 0.25) is 0 Å². The van der Waals surface area contributed by atoms with Gasteiger partial charge in [-0.15, -0.1) is 0 Å². The number of nitrogens with two attached hydrogens (primary N) is 1. The van der Waals surface area contributed by atoms with Gasteiger partial charge < -0.3 is 25.3 Å². The van der Waals surface area contributed by atoms with Crippen molar-refractivity contribution in [2.45, 2.75) is 12.6 Å². The molecule has 1 aromatic heterocycles. The van der Waals surface area contributed by atoms with Crippen molar-refractivity contribution in [3.8, 4) is 5.75 Å². The molecule has 6 heteroatoms. The van der Waals surface area contributed by atoms with Gasteiger partial charge in [0.1, 0.15) is 0 Å². The number of aromatic hydroxyl groups is 1. The molecule has 0 aliphatic carbocycles. The number of carbonyl (C=O) groups is 1. The van der Waals surface area contributed by atoms with Crippen LogP contribution in [0.25, 0.3) is 0 Å². The van der Waals surface area contributed by atoms with Crippen molar-refractivity contribution in [1.29, 1.82) is 0 Å². The molecule has 0 saturated carbocycles. The van der Waals surface area contributed by atoms with Gasteiger partial charge in [0, 0.05) is 25.0 Å². The normalized spacial score (nSPS) is 12.4. The van der Waals surface area contributed by atoms with Gasteiger partial charge in [-0.3, -0.25) is 4.79 Å². The first-order valence-corrected chi connectivity index (χ1v) is 3.86. The lowest BCUT2D eigenvalue weighted by molar-refractivity contribution is -0.307. The summed E-state index contributed by atoms with van der Waals surface area (Å²) in [5, 5.41) is 19.3. The van der Waals surface area contributed by atoms with Crippen LogP contribution in [0.4, 0.5) is 0 Å². The van der Waals surface area contributed by atoms with E-state index in [1.165, 1.54) is 10.8 Å². The molecule has 6 nitrogen and oxygen atoms in total. The number of rotatable bonds is 3. The Kier molecular flexibility index (Phi) is 2.88. The van der Waals surface area contributed by atoms with Crippen molar-refractivity contribution < 1.29 is 15.0 Å². The number of carbonyl (C=O) groups excluding carboxylic acids is 1. The van der Waals surface area contributed by atoms with Crippen molar-refractivity contribution in [3.05, 3.63) is 28.7 Å². The van der Waals surface area contributed by atoms with Gasteiger partial charge >= 0.3 is 0 Å². The number of aliphatic carboxylic acids is 1. The zero-order valence-electron chi connectivity index (χ0n) is 7.21. The molecule has 76 valence electrons. The lowest BCUT2D eigenvalue weighted by Crippen LogP contribution is -2.44. The molecular formula is C8H9N2O4-. The first-order chi connectivity index (χ1) is 6.50. The molecule has 0 unspecified atom stereocenters. The molecule has 1 atom stereocenters. The van der Waals surface area contributed by atoms with Crippen molar-refractivity contribution >= 4 is 5.97 Å². The van der Waals surface area contributed by atoms with Gasteiger partial charge in [0.25, 0.3) is 0 Å². The van der Waals surface area contributed by atoms with E-state index in [4.69, 9.17) is 10.8 Å². The molecule has 0 amide bonds. The Hall–Kier alpha value is -1.82. The fourth-order valence-electron chi connectivity index (χ4n) is 0.928. The molecule has 0 aliphatic rings. The molecule has 0 aromatic carbocycles. The minimum absolute atomic E-state index is 0.0594. The Balaban J connectivity index is 2.83. The van der Waals surface area contributed by atoms with Crippen LogP contribution in [0.1, 0.15) is 0 Å². The summed E-state index contributed by atoms with van der Waals surface area (Å²) in [6.07, 6.45) is 2.45. The second kappa shape index (κ2) is 3.93. The van der Waals surface area contributed by atoms with Gasteiger partial charge in [0.2, 0.25) is 5.43 Å². The molecule has 0 spiro atoms. The third kappa shape index (κ3) is 2.33. The topological polar surface area (TPSA) is 108 Å². The predicted molar refractivity (Wildman–Crippen MR) is 45.3 cm³/mol. The summed E-state index contributed by atoms with van der Waals surface area (Å²) >= 11 is 0. The van der Waals surface area contributed by atoms with Gasteiger partial charge in [-0.2, -0.15) is 0 Å². The summed E-state index contributed by atoms with van der Waals surface area (Å²) in [6, 6.07) is -0.0472. The Morgan fingerprint density at radius 2 is 2.36 bits per heavy atom. The maximum atomic E-state index is 10.8. The van der Waals surface area contributed by atoms with E-state index >= 15 is 0 Å². The van der Waals surface area contributed by atoms with Gasteiger partial charge in [0.15, 0.2) is 5.75 Å². The molecule has 14 heavy (non-hydrogen) atoms. The molecule has 1 heterocycles. The average Bonchev–Trinajstić information content (AvgIpc) is 2.11. The number of aromatic nitrogens is 1. The zero-order chi connectivity index (χ0) is 10.7. The highest BCUT2D eigenvalue weighted by Gasteiger charge is 2.04. The Bertz CT molecular complexity index is 399. The van der Waals surface area contributed by atoms with Crippen molar-refractivity contribution in [1.82, 2.24) is 4.57 Å². The molecule has 0 bridgehead atoms. The standard InChI is InChI=1S/C8H10N2O4/c9-5(8(13)14)3-10-2-1-6(11)7(12)4-10/h1-2,4-5,12H,3,9H2,(H,13,14)/p-1/t5-/m0/s1. The van der Waals surface area contributed by atoms with Crippen LogP contribution < -0.4 is 16.3 Å². The van der Waals surface area contributed by atoms with Gasteiger partial charge in [-0.25, -0.2) is 0 Å². The predicted octanol–water partition coefficient (Wildman–Crippen LogP) is -2.37. The summed E-state index contributed by atoms with van der Waals surface area (Å²) in [5.41, 5.74) is 4.67. The van der Waals surface area contributed by atoms with Crippen molar-refractivity contribution in [3.63, 3.8) is 0 Å². The highest BCUT2D eigenvalue weighted by atomic mass is 16.4. The van der Waals surface area contributed by atoms with Crippen LogP contribution in [0.3, 0.4) is 0 Å². The smallest absolute Gasteiger partial charge is 0.223 e. The number of carboxylic acids is 1. The third-order valence-electron chi connectivity index (χ3n) is 1.67. The summed E-state index contributed by atoms with van der Waals surface area (Å²) in [6.45, 7) is -0.0594. The molecule has 0 aliphatic heterocycles. The van der Waals surface area contributed by atoms with E-state index in [1.54, 1.807) is 0 Å². The van der Waals surface area contributed by atoms with Crippen LogP contribution in [0.15, 0.2) is 23.3 Å².